The number of nitrogens with two attached hydrogens (primary N) is 1. The third-order valence-electron chi connectivity index (χ3n) is 4.53. The summed E-state index contributed by atoms with van der Waals surface area (Å²) in [4.78, 5) is 18.7. The van der Waals surface area contributed by atoms with Crippen molar-refractivity contribution in [3.05, 3.63) is 35.1 Å². The number of halogens is 2. The highest BCUT2D eigenvalue weighted by molar-refractivity contribution is 14.0. The molecule has 0 spiro atoms. The average Bonchev–Trinajstić information content (AvgIpc) is 3.06. The van der Waals surface area contributed by atoms with Gasteiger partial charge >= 0.3 is 0 Å². The average molecular weight is 477 g/mol. The SMILES string of the molecule is CCN1CCCC1CN=C(N)NCCNC(=O)c1ccc(C)c(F)c1.I. The van der Waals surface area contributed by atoms with E-state index in [1.165, 1.54) is 12.5 Å². The van der Waals surface area contributed by atoms with E-state index in [-0.39, 0.29) is 35.7 Å². The van der Waals surface area contributed by atoms with Gasteiger partial charge in [0.05, 0.1) is 6.54 Å². The fourth-order valence-corrected chi connectivity index (χ4v) is 2.98. The molecule has 1 aliphatic heterocycles. The number of amides is 1. The number of carbonyl (C=O) groups excluding carboxylic acids is 1. The highest BCUT2D eigenvalue weighted by atomic mass is 127. The maximum absolute atomic E-state index is 13.5. The summed E-state index contributed by atoms with van der Waals surface area (Å²) >= 11 is 0. The van der Waals surface area contributed by atoms with Crippen molar-refractivity contribution in [1.29, 1.82) is 0 Å². The lowest BCUT2D eigenvalue weighted by atomic mass is 10.1. The lowest BCUT2D eigenvalue weighted by Crippen LogP contribution is -2.39. The predicted octanol–water partition coefficient (Wildman–Crippen LogP) is 1.87. The Morgan fingerprint density at radius 2 is 2.12 bits per heavy atom. The number of hydrogen-bond donors (Lipinski definition) is 3. The maximum Gasteiger partial charge on any atom is 0.251 e. The molecule has 0 aliphatic carbocycles. The van der Waals surface area contributed by atoms with E-state index in [1.807, 2.05) is 0 Å². The largest absolute Gasteiger partial charge is 0.370 e. The van der Waals surface area contributed by atoms with Crippen molar-refractivity contribution in [3.8, 4) is 0 Å². The molecule has 1 aliphatic rings. The summed E-state index contributed by atoms with van der Waals surface area (Å²) in [6, 6.07) is 4.92. The molecule has 6 nitrogen and oxygen atoms in total. The smallest absolute Gasteiger partial charge is 0.251 e. The second-order valence-electron chi connectivity index (χ2n) is 6.30. The van der Waals surface area contributed by atoms with E-state index in [1.54, 1.807) is 19.1 Å². The summed E-state index contributed by atoms with van der Waals surface area (Å²) in [7, 11) is 0. The number of guanidine groups is 1. The summed E-state index contributed by atoms with van der Waals surface area (Å²) in [5, 5.41) is 5.71. The van der Waals surface area contributed by atoms with Crippen molar-refractivity contribution in [2.45, 2.75) is 32.7 Å². The Kier molecular flexibility index (Phi) is 9.85. The maximum atomic E-state index is 13.5. The minimum Gasteiger partial charge on any atom is -0.370 e. The number of likely N-dealkylation sites (N-methyl/N-ethyl adjacent to an activating group) is 1. The summed E-state index contributed by atoms with van der Waals surface area (Å²) in [5.74, 6) is -0.297. The number of likely N-dealkylation sites (tertiary alicyclic amines) is 1. The van der Waals surface area contributed by atoms with Crippen molar-refractivity contribution in [1.82, 2.24) is 15.5 Å². The number of hydrogen-bond acceptors (Lipinski definition) is 3. The van der Waals surface area contributed by atoms with Gasteiger partial charge in [0.2, 0.25) is 0 Å². The Hall–Kier alpha value is -1.42. The molecule has 1 unspecified atom stereocenters. The van der Waals surface area contributed by atoms with Crippen LogP contribution in [0.5, 0.6) is 0 Å². The second kappa shape index (κ2) is 11.3. The first kappa shape index (κ1) is 22.6. The monoisotopic (exact) mass is 477 g/mol. The topological polar surface area (TPSA) is 82.8 Å². The van der Waals surface area contributed by atoms with E-state index in [0.29, 0.717) is 42.8 Å². The van der Waals surface area contributed by atoms with Crippen molar-refractivity contribution in [3.63, 3.8) is 0 Å². The molecule has 4 N–H and O–H groups in total. The standard InChI is InChI=1S/C18H28FN5O.HI/c1-3-24-10-4-5-15(24)12-23-18(20)22-9-8-21-17(25)14-7-6-13(2)16(19)11-14;/h6-7,11,15H,3-5,8-10,12H2,1-2H3,(H,21,25)(H3,20,22,23);1H. The normalized spacial score (nSPS) is 17.7. The number of rotatable bonds is 7. The first-order valence-electron chi connectivity index (χ1n) is 8.83. The van der Waals surface area contributed by atoms with Gasteiger partial charge in [0.15, 0.2) is 5.96 Å². The zero-order chi connectivity index (χ0) is 18.2. The van der Waals surface area contributed by atoms with Crippen molar-refractivity contribution >= 4 is 35.8 Å². The minimum atomic E-state index is -0.379. The Morgan fingerprint density at radius 1 is 1.38 bits per heavy atom. The number of nitrogens with zero attached hydrogens (tertiary/aromatic N) is 2. The molecule has 1 aromatic rings. The van der Waals surface area contributed by atoms with Gasteiger partial charge in [-0.2, -0.15) is 0 Å². The quantitative estimate of drug-likeness (QED) is 0.243. The zero-order valence-electron chi connectivity index (χ0n) is 15.4. The van der Waals surface area contributed by atoms with Crippen LogP contribution in [0.2, 0.25) is 0 Å². The molecule has 0 aromatic heterocycles. The van der Waals surface area contributed by atoms with Crippen LogP contribution in [0.4, 0.5) is 4.39 Å². The summed E-state index contributed by atoms with van der Waals surface area (Å²) in [5.41, 5.74) is 6.69. The fourth-order valence-electron chi connectivity index (χ4n) is 2.98. The van der Waals surface area contributed by atoms with Crippen LogP contribution in [0.25, 0.3) is 0 Å². The predicted molar refractivity (Wildman–Crippen MR) is 114 cm³/mol. The number of benzene rings is 1. The van der Waals surface area contributed by atoms with Crippen LogP contribution in [-0.4, -0.2) is 55.5 Å². The molecular formula is C18H29FIN5O. The Morgan fingerprint density at radius 3 is 2.81 bits per heavy atom. The van der Waals surface area contributed by atoms with Gasteiger partial charge in [-0.15, -0.1) is 24.0 Å². The van der Waals surface area contributed by atoms with Gasteiger partial charge in [0.25, 0.3) is 5.91 Å². The lowest BCUT2D eigenvalue weighted by Gasteiger charge is -2.20. The summed E-state index contributed by atoms with van der Waals surface area (Å²) in [6.45, 7) is 7.55. The number of aliphatic imine (C=N–C) groups is 1. The van der Waals surface area contributed by atoms with Crippen LogP contribution < -0.4 is 16.4 Å². The van der Waals surface area contributed by atoms with Gasteiger partial charge in [-0.1, -0.05) is 13.0 Å². The number of carbonyl (C=O) groups is 1. The van der Waals surface area contributed by atoms with Crippen LogP contribution in [0.15, 0.2) is 23.2 Å². The first-order valence-corrected chi connectivity index (χ1v) is 8.83. The Bertz CT molecular complexity index is 626. The first-order chi connectivity index (χ1) is 12.0. The summed E-state index contributed by atoms with van der Waals surface area (Å²) < 4.78 is 13.5. The molecular weight excluding hydrogens is 448 g/mol. The van der Waals surface area contributed by atoms with Crippen LogP contribution in [0.3, 0.4) is 0 Å². The van der Waals surface area contributed by atoms with E-state index in [0.717, 1.165) is 19.5 Å². The molecule has 0 saturated carbocycles. The molecule has 1 atom stereocenters. The second-order valence-corrected chi connectivity index (χ2v) is 6.30. The van der Waals surface area contributed by atoms with E-state index in [2.05, 4.69) is 27.4 Å². The van der Waals surface area contributed by atoms with Crippen molar-refractivity contribution in [2.75, 3.05) is 32.7 Å². The lowest BCUT2D eigenvalue weighted by molar-refractivity contribution is 0.0954. The van der Waals surface area contributed by atoms with Crippen LogP contribution >= 0.6 is 24.0 Å². The van der Waals surface area contributed by atoms with Gasteiger partial charge in [-0.05, 0) is 50.6 Å². The van der Waals surface area contributed by atoms with Crippen molar-refractivity contribution < 1.29 is 9.18 Å². The third-order valence-corrected chi connectivity index (χ3v) is 4.53. The van der Waals surface area contributed by atoms with E-state index in [4.69, 9.17) is 5.73 Å². The molecule has 146 valence electrons. The van der Waals surface area contributed by atoms with Crippen LogP contribution in [-0.2, 0) is 0 Å². The molecule has 2 rings (SSSR count). The van der Waals surface area contributed by atoms with Crippen LogP contribution in [0.1, 0.15) is 35.7 Å². The summed E-state index contributed by atoms with van der Waals surface area (Å²) in [6.07, 6.45) is 2.38. The fraction of sp³-hybridized carbons (Fsp3) is 0.556. The minimum absolute atomic E-state index is 0. The van der Waals surface area contributed by atoms with Gasteiger partial charge in [-0.25, -0.2) is 4.39 Å². The molecule has 0 radical (unpaired) electrons. The van der Waals surface area contributed by atoms with Crippen molar-refractivity contribution in [2.24, 2.45) is 10.7 Å². The zero-order valence-corrected chi connectivity index (χ0v) is 17.8. The molecule has 1 fully saturated rings. The molecule has 1 heterocycles. The Labute approximate surface area is 171 Å². The molecule has 0 bridgehead atoms. The molecule has 1 aromatic carbocycles. The van der Waals surface area contributed by atoms with Gasteiger partial charge in [0.1, 0.15) is 5.82 Å². The van der Waals surface area contributed by atoms with E-state index in [9.17, 15) is 9.18 Å². The Balaban J connectivity index is 0.00000338. The number of nitrogens with one attached hydrogen (secondary N) is 2. The molecule has 26 heavy (non-hydrogen) atoms. The van der Waals surface area contributed by atoms with E-state index >= 15 is 0 Å². The van der Waals surface area contributed by atoms with Gasteiger partial charge < -0.3 is 16.4 Å². The highest BCUT2D eigenvalue weighted by Gasteiger charge is 2.22. The molecule has 1 saturated heterocycles. The van der Waals surface area contributed by atoms with Gasteiger partial charge in [0, 0.05) is 24.7 Å². The molecule has 8 heteroatoms. The third kappa shape index (κ3) is 6.71. The highest BCUT2D eigenvalue weighted by Crippen LogP contribution is 2.16. The van der Waals surface area contributed by atoms with Gasteiger partial charge in [-0.3, -0.25) is 14.7 Å². The molecule has 1 amide bonds. The van der Waals surface area contributed by atoms with Crippen LogP contribution in [0, 0.1) is 12.7 Å². The van der Waals surface area contributed by atoms with E-state index < -0.39 is 0 Å². The number of aryl methyl sites for hydroxylation is 1.